The van der Waals surface area contributed by atoms with E-state index in [0.29, 0.717) is 51.6 Å². The number of amides is 1. The van der Waals surface area contributed by atoms with Crippen LogP contribution in [0.15, 0.2) is 36.7 Å². The van der Waals surface area contributed by atoms with Crippen LogP contribution in [0.5, 0.6) is 0 Å². The molecule has 1 aromatic carbocycles. The molecule has 1 aliphatic rings. The van der Waals surface area contributed by atoms with Crippen LogP contribution < -0.4 is 0 Å². The van der Waals surface area contributed by atoms with Crippen molar-refractivity contribution in [2.75, 3.05) is 33.2 Å². The summed E-state index contributed by atoms with van der Waals surface area (Å²) < 4.78 is 32.7. The topological polar surface area (TPSA) is 75.1 Å². The molecular formula is C29H40FN3O5Si. The SMILES string of the molecule is CC(C)OCCOCc1cn(Cc2ccc(F)cc2)c2cnc3c(c12)CCN(OCOCC[Si](C)(C)C)C3=O. The Morgan fingerprint density at radius 3 is 2.56 bits per heavy atom. The molecule has 0 spiro atoms. The van der Waals surface area contributed by atoms with Crippen LogP contribution in [0.25, 0.3) is 10.9 Å². The highest BCUT2D eigenvalue weighted by atomic mass is 28.3. The van der Waals surface area contributed by atoms with Gasteiger partial charge in [-0.05, 0) is 49.6 Å². The molecule has 0 N–H and O–H groups in total. The molecule has 0 saturated carbocycles. The molecular weight excluding hydrogens is 517 g/mol. The van der Waals surface area contributed by atoms with Crippen molar-refractivity contribution >= 4 is 24.9 Å². The van der Waals surface area contributed by atoms with Crippen LogP contribution in [0.4, 0.5) is 4.39 Å². The summed E-state index contributed by atoms with van der Waals surface area (Å²) in [5.41, 5.74) is 4.14. The van der Waals surface area contributed by atoms with E-state index in [0.717, 1.165) is 33.6 Å². The number of halogens is 1. The number of hydrogen-bond acceptors (Lipinski definition) is 6. The van der Waals surface area contributed by atoms with Crippen molar-refractivity contribution < 1.29 is 28.2 Å². The van der Waals surface area contributed by atoms with Crippen LogP contribution in [-0.4, -0.2) is 67.9 Å². The fourth-order valence-electron chi connectivity index (χ4n) is 4.51. The number of nitrogens with zero attached hydrogens (tertiary/aromatic N) is 3. The third-order valence-electron chi connectivity index (χ3n) is 6.59. The molecule has 10 heteroatoms. The average Bonchev–Trinajstić information content (AvgIpc) is 3.23. The van der Waals surface area contributed by atoms with Crippen LogP contribution in [0.2, 0.25) is 25.7 Å². The molecule has 0 radical (unpaired) electrons. The van der Waals surface area contributed by atoms with Crippen LogP contribution in [0.3, 0.4) is 0 Å². The fraction of sp³-hybridized carbons (Fsp3) is 0.517. The lowest BCUT2D eigenvalue weighted by Crippen LogP contribution is -2.39. The van der Waals surface area contributed by atoms with Crippen molar-refractivity contribution in [2.24, 2.45) is 0 Å². The van der Waals surface area contributed by atoms with E-state index >= 15 is 0 Å². The second-order valence-corrected chi connectivity index (χ2v) is 17.0. The van der Waals surface area contributed by atoms with Gasteiger partial charge in [-0.15, -0.1) is 0 Å². The fourth-order valence-corrected chi connectivity index (χ4v) is 5.27. The average molecular weight is 558 g/mol. The summed E-state index contributed by atoms with van der Waals surface area (Å²) in [5, 5.41) is 2.33. The molecule has 1 amide bonds. The van der Waals surface area contributed by atoms with Gasteiger partial charge in [-0.3, -0.25) is 4.79 Å². The Labute approximate surface area is 231 Å². The summed E-state index contributed by atoms with van der Waals surface area (Å²) in [6.07, 6.45) is 4.52. The Balaban J connectivity index is 1.53. The van der Waals surface area contributed by atoms with Crippen LogP contribution in [0, 0.1) is 5.82 Å². The second-order valence-electron chi connectivity index (χ2n) is 11.3. The lowest BCUT2D eigenvalue weighted by Gasteiger charge is -2.27. The van der Waals surface area contributed by atoms with E-state index in [9.17, 15) is 9.18 Å². The number of aromatic nitrogens is 2. The van der Waals surface area contributed by atoms with E-state index in [1.165, 1.54) is 17.2 Å². The predicted octanol–water partition coefficient (Wildman–Crippen LogP) is 5.41. The third kappa shape index (κ3) is 7.95. The highest BCUT2D eigenvalue weighted by Gasteiger charge is 2.30. The number of benzene rings is 1. The van der Waals surface area contributed by atoms with E-state index in [2.05, 4.69) is 29.2 Å². The zero-order valence-corrected chi connectivity index (χ0v) is 24.7. The third-order valence-corrected chi connectivity index (χ3v) is 8.29. The molecule has 3 aromatic rings. The van der Waals surface area contributed by atoms with Gasteiger partial charge in [0.15, 0.2) is 6.79 Å². The largest absolute Gasteiger partial charge is 0.376 e. The van der Waals surface area contributed by atoms with Gasteiger partial charge in [0.25, 0.3) is 5.91 Å². The summed E-state index contributed by atoms with van der Waals surface area (Å²) in [6.45, 7) is 13.8. The van der Waals surface area contributed by atoms with Gasteiger partial charge in [0.2, 0.25) is 0 Å². The van der Waals surface area contributed by atoms with Gasteiger partial charge in [0.1, 0.15) is 11.5 Å². The molecule has 0 fully saturated rings. The Kier molecular flexibility index (Phi) is 9.89. The molecule has 0 bridgehead atoms. The Morgan fingerprint density at radius 1 is 1.08 bits per heavy atom. The monoisotopic (exact) mass is 557 g/mol. The first-order valence-electron chi connectivity index (χ1n) is 13.6. The normalized spacial score (nSPS) is 14.0. The van der Waals surface area contributed by atoms with Crippen LogP contribution in [0.1, 0.15) is 41.0 Å². The number of carbonyl (C=O) groups is 1. The lowest BCUT2D eigenvalue weighted by molar-refractivity contribution is -0.195. The molecule has 8 nitrogen and oxygen atoms in total. The minimum atomic E-state index is -1.19. The standard InChI is InChI=1S/C29H40FN3O5Si/c1-21(2)37-13-12-35-19-23-18-32(17-22-6-8-24(30)9-7-22)26-16-31-28-25(27(23)26)10-11-33(29(28)34)38-20-36-14-15-39(3,4)5/h6-9,16,18,21H,10-15,17,19-20H2,1-5H3. The van der Waals surface area contributed by atoms with Crippen molar-refractivity contribution in [3.05, 3.63) is 64.9 Å². The highest BCUT2D eigenvalue weighted by molar-refractivity contribution is 6.76. The number of hydrogen-bond donors (Lipinski definition) is 0. The summed E-state index contributed by atoms with van der Waals surface area (Å²) in [6, 6.07) is 7.51. The molecule has 1 aliphatic heterocycles. The van der Waals surface area contributed by atoms with Gasteiger partial charge < -0.3 is 18.8 Å². The minimum absolute atomic E-state index is 0.0411. The van der Waals surface area contributed by atoms with Gasteiger partial charge in [0.05, 0.1) is 44.2 Å². The maximum Gasteiger partial charge on any atom is 0.296 e. The van der Waals surface area contributed by atoms with Gasteiger partial charge in [-0.2, -0.15) is 0 Å². The Hall–Kier alpha value is -2.63. The first-order chi connectivity index (χ1) is 18.6. The molecule has 212 valence electrons. The highest BCUT2D eigenvalue weighted by Crippen LogP contribution is 2.31. The smallest absolute Gasteiger partial charge is 0.296 e. The molecule has 0 saturated heterocycles. The lowest BCUT2D eigenvalue weighted by atomic mass is 9.99. The van der Waals surface area contributed by atoms with E-state index in [1.54, 1.807) is 18.3 Å². The molecule has 0 atom stereocenters. The quantitative estimate of drug-likeness (QED) is 0.150. The van der Waals surface area contributed by atoms with Crippen molar-refractivity contribution in [3.8, 4) is 0 Å². The van der Waals surface area contributed by atoms with Gasteiger partial charge >= 0.3 is 0 Å². The van der Waals surface area contributed by atoms with Crippen LogP contribution in [-0.2, 0) is 38.6 Å². The first kappa shape index (κ1) is 29.4. The second kappa shape index (κ2) is 13.1. The Bertz CT molecular complexity index is 1260. The number of ether oxygens (including phenoxy) is 3. The van der Waals surface area contributed by atoms with Gasteiger partial charge in [-0.25, -0.2) is 19.3 Å². The van der Waals surface area contributed by atoms with E-state index in [1.807, 2.05) is 20.0 Å². The van der Waals surface area contributed by atoms with Crippen molar-refractivity contribution in [2.45, 2.75) is 65.2 Å². The summed E-state index contributed by atoms with van der Waals surface area (Å²) in [4.78, 5) is 23.5. The zero-order chi connectivity index (χ0) is 28.0. The molecule has 3 heterocycles. The molecule has 0 aliphatic carbocycles. The maximum atomic E-state index is 13.5. The number of pyridine rings is 1. The van der Waals surface area contributed by atoms with E-state index < -0.39 is 8.07 Å². The summed E-state index contributed by atoms with van der Waals surface area (Å²) in [7, 11) is -1.19. The molecule has 2 aromatic heterocycles. The molecule has 4 rings (SSSR count). The Morgan fingerprint density at radius 2 is 1.85 bits per heavy atom. The maximum absolute atomic E-state index is 13.5. The van der Waals surface area contributed by atoms with Gasteiger partial charge in [0, 0.05) is 38.4 Å². The number of carbonyl (C=O) groups excluding carboxylic acids is 1. The van der Waals surface area contributed by atoms with Crippen molar-refractivity contribution in [3.63, 3.8) is 0 Å². The van der Waals surface area contributed by atoms with E-state index in [4.69, 9.17) is 19.0 Å². The minimum Gasteiger partial charge on any atom is -0.376 e. The van der Waals surface area contributed by atoms with E-state index in [-0.39, 0.29) is 24.6 Å². The molecule has 39 heavy (non-hydrogen) atoms. The van der Waals surface area contributed by atoms with Crippen molar-refractivity contribution in [1.82, 2.24) is 14.6 Å². The summed E-state index contributed by atoms with van der Waals surface area (Å²) in [5.74, 6) is -0.535. The first-order valence-corrected chi connectivity index (χ1v) is 17.3. The van der Waals surface area contributed by atoms with Gasteiger partial charge in [-0.1, -0.05) is 31.8 Å². The number of fused-ring (bicyclic) bond motifs is 3. The number of hydroxylamine groups is 2. The van der Waals surface area contributed by atoms with Crippen LogP contribution >= 0.6 is 0 Å². The number of rotatable bonds is 14. The zero-order valence-electron chi connectivity index (χ0n) is 23.7. The molecule has 0 unspecified atom stereocenters. The van der Waals surface area contributed by atoms with Crippen molar-refractivity contribution in [1.29, 1.82) is 0 Å². The summed E-state index contributed by atoms with van der Waals surface area (Å²) >= 11 is 0. The predicted molar refractivity (Wildman–Crippen MR) is 151 cm³/mol.